The van der Waals surface area contributed by atoms with E-state index in [1.54, 1.807) is 28.4 Å². The largest absolute Gasteiger partial charge is 0.344 e. The minimum atomic E-state index is -0.192. The molecule has 4 aromatic heterocycles. The van der Waals surface area contributed by atoms with E-state index in [0.29, 0.717) is 17.2 Å². The molecule has 162 valence electrons. The Labute approximate surface area is 195 Å². The van der Waals surface area contributed by atoms with Crippen LogP contribution in [0.2, 0.25) is 0 Å². The summed E-state index contributed by atoms with van der Waals surface area (Å²) >= 11 is 1.63. The zero-order valence-electron chi connectivity index (χ0n) is 17.8. The topological polar surface area (TPSA) is 72.7 Å². The van der Waals surface area contributed by atoms with Crippen molar-refractivity contribution in [2.24, 2.45) is 0 Å². The van der Waals surface area contributed by atoms with E-state index in [0.717, 1.165) is 35.1 Å². The Bertz CT molecular complexity index is 1440. The van der Waals surface area contributed by atoms with Crippen molar-refractivity contribution in [1.82, 2.24) is 25.1 Å². The first-order chi connectivity index (χ1) is 16.3. The van der Waals surface area contributed by atoms with Crippen molar-refractivity contribution in [2.45, 2.75) is 25.3 Å². The molecule has 33 heavy (non-hydrogen) atoms. The number of nitrogens with one attached hydrogen (secondary N) is 1. The molecule has 0 fully saturated rings. The van der Waals surface area contributed by atoms with Gasteiger partial charge in [0.05, 0.1) is 11.4 Å². The summed E-state index contributed by atoms with van der Waals surface area (Å²) in [5.74, 6) is 0.433. The lowest BCUT2D eigenvalue weighted by Crippen LogP contribution is -2.31. The third-order valence-corrected chi connectivity index (χ3v) is 7.01. The molecular formula is C26H21N5OS. The average Bonchev–Trinajstić information content (AvgIpc) is 3.53. The molecule has 0 radical (unpaired) electrons. The van der Waals surface area contributed by atoms with Gasteiger partial charge >= 0.3 is 0 Å². The molecule has 6 rings (SSSR count). The first-order valence-electron chi connectivity index (χ1n) is 11.0. The lowest BCUT2D eigenvalue weighted by atomic mass is 9.87. The van der Waals surface area contributed by atoms with Gasteiger partial charge in [0, 0.05) is 22.8 Å². The second-order valence-electron chi connectivity index (χ2n) is 8.10. The van der Waals surface area contributed by atoms with Crippen molar-refractivity contribution < 1.29 is 4.79 Å². The number of fused-ring (bicyclic) bond motifs is 2. The Morgan fingerprint density at radius 3 is 2.76 bits per heavy atom. The maximum absolute atomic E-state index is 13.7. The third-order valence-electron chi connectivity index (χ3n) is 6.11. The monoisotopic (exact) mass is 451 g/mol. The van der Waals surface area contributed by atoms with Gasteiger partial charge in [0.15, 0.2) is 17.2 Å². The predicted octanol–water partition coefficient (Wildman–Crippen LogP) is 5.35. The number of rotatable bonds is 4. The number of nitrogens with zero attached hydrogens (tertiary/aromatic N) is 4. The molecule has 0 saturated heterocycles. The zero-order valence-corrected chi connectivity index (χ0v) is 18.6. The molecule has 0 saturated carbocycles. The van der Waals surface area contributed by atoms with E-state index < -0.39 is 0 Å². The molecule has 4 heterocycles. The van der Waals surface area contributed by atoms with Crippen molar-refractivity contribution in [3.05, 3.63) is 95.3 Å². The van der Waals surface area contributed by atoms with Crippen LogP contribution in [0.4, 0.5) is 0 Å². The molecule has 5 aromatic rings. The first kappa shape index (κ1) is 19.8. The quantitative estimate of drug-likeness (QED) is 0.400. The van der Waals surface area contributed by atoms with Crippen LogP contribution in [-0.2, 0) is 6.42 Å². The highest BCUT2D eigenvalue weighted by Crippen LogP contribution is 2.35. The molecule has 1 aliphatic rings. The van der Waals surface area contributed by atoms with Crippen molar-refractivity contribution in [2.75, 3.05) is 0 Å². The molecule has 6 nitrogen and oxygen atoms in total. The van der Waals surface area contributed by atoms with Crippen molar-refractivity contribution in [3.8, 4) is 16.3 Å². The molecule has 1 aromatic carbocycles. The summed E-state index contributed by atoms with van der Waals surface area (Å²) in [6.07, 6.45) is 6.49. The van der Waals surface area contributed by atoms with Gasteiger partial charge in [0.1, 0.15) is 0 Å². The van der Waals surface area contributed by atoms with E-state index >= 15 is 0 Å². The van der Waals surface area contributed by atoms with Crippen LogP contribution in [-0.4, -0.2) is 25.7 Å². The number of carbonyl (C=O) groups is 1. The highest BCUT2D eigenvalue weighted by molar-refractivity contribution is 7.13. The summed E-state index contributed by atoms with van der Waals surface area (Å²) in [7, 11) is 0. The molecule has 1 atom stereocenters. The molecule has 7 heteroatoms. The van der Waals surface area contributed by atoms with Crippen molar-refractivity contribution in [1.29, 1.82) is 0 Å². The minimum absolute atomic E-state index is 0.0284. The normalized spacial score (nSPS) is 15.3. The summed E-state index contributed by atoms with van der Waals surface area (Å²) in [4.78, 5) is 23.8. The molecule has 1 aliphatic carbocycles. The van der Waals surface area contributed by atoms with Crippen molar-refractivity contribution >= 4 is 28.3 Å². The third kappa shape index (κ3) is 3.50. The van der Waals surface area contributed by atoms with E-state index in [-0.39, 0.29) is 11.9 Å². The van der Waals surface area contributed by atoms with Gasteiger partial charge in [0.25, 0.3) is 5.91 Å². The van der Waals surface area contributed by atoms with Gasteiger partial charge in [-0.2, -0.15) is 9.78 Å². The fourth-order valence-electron chi connectivity index (χ4n) is 4.61. The minimum Gasteiger partial charge on any atom is -0.344 e. The summed E-state index contributed by atoms with van der Waals surface area (Å²) in [5, 5.41) is 10.8. The average molecular weight is 452 g/mol. The molecule has 1 amide bonds. The Morgan fingerprint density at radius 2 is 1.91 bits per heavy atom. The number of hydrogen-bond donors (Lipinski definition) is 1. The number of benzene rings is 1. The summed E-state index contributed by atoms with van der Waals surface area (Å²) in [6, 6.07) is 20.0. The Hall–Kier alpha value is -3.84. The number of carbonyl (C=O) groups excluding carboxylic acids is 1. The second kappa shape index (κ2) is 8.26. The standard InChI is InChI=1S/C26H21N5OS/c32-26(29-20-10-5-8-17-7-1-2-9-18(17)20)24-23-19(21-11-6-16-33-21)13-15-28-25(23)31(30-24)22-12-3-4-14-27-22/h1-4,6-7,9,11-16,20H,5,8,10H2,(H,29,32)/t20-/m1/s1. The van der Waals surface area contributed by atoms with Gasteiger partial charge in [0.2, 0.25) is 0 Å². The molecule has 1 N–H and O–H groups in total. The van der Waals surface area contributed by atoms with Crippen molar-refractivity contribution in [3.63, 3.8) is 0 Å². The van der Waals surface area contributed by atoms with Crippen LogP contribution < -0.4 is 5.32 Å². The van der Waals surface area contributed by atoms with Crippen LogP contribution in [0.1, 0.15) is 40.5 Å². The van der Waals surface area contributed by atoms with Gasteiger partial charge in [-0.25, -0.2) is 9.97 Å². The number of thiophene rings is 1. The number of aromatic nitrogens is 4. The van der Waals surface area contributed by atoms with Gasteiger partial charge < -0.3 is 5.32 Å². The van der Waals surface area contributed by atoms with Gasteiger partial charge in [-0.3, -0.25) is 4.79 Å². The number of hydrogen-bond acceptors (Lipinski definition) is 5. The van der Waals surface area contributed by atoms with Crippen LogP contribution in [0, 0.1) is 0 Å². The highest BCUT2D eigenvalue weighted by atomic mass is 32.1. The van der Waals surface area contributed by atoms with Gasteiger partial charge in [-0.1, -0.05) is 36.4 Å². The van der Waals surface area contributed by atoms with E-state index in [4.69, 9.17) is 5.10 Å². The molecule has 0 spiro atoms. The number of aryl methyl sites for hydroxylation is 1. The van der Waals surface area contributed by atoms with E-state index in [1.807, 2.05) is 41.8 Å². The second-order valence-corrected chi connectivity index (χ2v) is 9.05. The SMILES string of the molecule is O=C(N[C@@H]1CCCc2ccccc21)c1nn(-c2ccccn2)c2nccc(-c3cccs3)c12. The van der Waals surface area contributed by atoms with Crippen LogP contribution in [0.25, 0.3) is 27.3 Å². The highest BCUT2D eigenvalue weighted by Gasteiger charge is 2.27. The smallest absolute Gasteiger partial charge is 0.273 e. The lowest BCUT2D eigenvalue weighted by molar-refractivity contribution is 0.0929. The predicted molar refractivity (Wildman–Crippen MR) is 130 cm³/mol. The van der Waals surface area contributed by atoms with Gasteiger partial charge in [-0.05, 0) is 60.0 Å². The molecular weight excluding hydrogens is 430 g/mol. The zero-order chi connectivity index (χ0) is 22.2. The summed E-state index contributed by atoms with van der Waals surface area (Å²) in [6.45, 7) is 0. The molecule has 0 bridgehead atoms. The lowest BCUT2D eigenvalue weighted by Gasteiger charge is -2.26. The Kier molecular flexibility index (Phi) is 4.96. The van der Waals surface area contributed by atoms with Crippen LogP contribution in [0.3, 0.4) is 0 Å². The number of pyridine rings is 2. The Morgan fingerprint density at radius 1 is 1.00 bits per heavy atom. The van der Waals surface area contributed by atoms with Crippen LogP contribution >= 0.6 is 11.3 Å². The fraction of sp³-hybridized carbons (Fsp3) is 0.154. The van der Waals surface area contributed by atoms with Gasteiger partial charge in [-0.15, -0.1) is 11.3 Å². The first-order valence-corrected chi connectivity index (χ1v) is 11.9. The van der Waals surface area contributed by atoms with Crippen LogP contribution in [0.5, 0.6) is 0 Å². The summed E-state index contributed by atoms with van der Waals surface area (Å²) < 4.78 is 1.66. The van der Waals surface area contributed by atoms with E-state index in [1.165, 1.54) is 11.1 Å². The molecule has 0 unspecified atom stereocenters. The van der Waals surface area contributed by atoms with Crippen LogP contribution in [0.15, 0.2) is 78.4 Å². The molecule has 0 aliphatic heterocycles. The Balaban J connectivity index is 1.49. The van der Waals surface area contributed by atoms with E-state index in [9.17, 15) is 4.79 Å². The maximum Gasteiger partial charge on any atom is 0.273 e. The maximum atomic E-state index is 13.7. The fourth-order valence-corrected chi connectivity index (χ4v) is 5.37. The van der Waals surface area contributed by atoms with E-state index in [2.05, 4.69) is 39.6 Å². The summed E-state index contributed by atoms with van der Waals surface area (Å²) in [5.41, 5.74) is 4.44. The number of amides is 1.